The molecule has 0 unspecified atom stereocenters. The van der Waals surface area contributed by atoms with Gasteiger partial charge in [-0.2, -0.15) is 0 Å². The van der Waals surface area contributed by atoms with Gasteiger partial charge in [0.05, 0.1) is 5.25 Å². The van der Waals surface area contributed by atoms with Crippen molar-refractivity contribution in [2.45, 2.75) is 36.6 Å². The third-order valence-electron chi connectivity index (χ3n) is 4.43. The molecule has 0 amide bonds. The van der Waals surface area contributed by atoms with Gasteiger partial charge in [-0.3, -0.25) is 0 Å². The fraction of sp³-hybridized carbons (Fsp3) is 0.600. The minimum Gasteiger partial charge on any atom is -0.486 e. The molecule has 4 rings (SSSR count). The molecule has 6 nitrogen and oxygen atoms in total. The fourth-order valence-corrected chi connectivity index (χ4v) is 4.74. The van der Waals surface area contributed by atoms with Crippen LogP contribution in [0.2, 0.25) is 0 Å². The van der Waals surface area contributed by atoms with Crippen LogP contribution in [-0.4, -0.2) is 39.5 Å². The van der Waals surface area contributed by atoms with E-state index in [0.29, 0.717) is 13.2 Å². The summed E-state index contributed by atoms with van der Waals surface area (Å²) in [6.45, 7) is 1.92. The van der Waals surface area contributed by atoms with Crippen molar-refractivity contribution in [2.24, 2.45) is 0 Å². The maximum atomic E-state index is 12.2. The van der Waals surface area contributed by atoms with Gasteiger partial charge < -0.3 is 14.8 Å². The molecule has 0 bridgehead atoms. The number of sulfonamides is 1. The van der Waals surface area contributed by atoms with Gasteiger partial charge in [0.15, 0.2) is 11.5 Å². The second-order valence-corrected chi connectivity index (χ2v) is 8.08. The van der Waals surface area contributed by atoms with Gasteiger partial charge in [0.2, 0.25) is 10.0 Å². The summed E-state index contributed by atoms with van der Waals surface area (Å²) in [6.07, 6.45) is 2.36. The number of hydrogen-bond donors (Lipinski definition) is 2. The van der Waals surface area contributed by atoms with Gasteiger partial charge in [-0.25, -0.2) is 13.1 Å². The standard InChI is InChI=1S/C15H20N2O4S/c18-22(19,11-2-3-11)17-12-5-6-16-15(12)10-1-4-13-14(9-10)21-8-7-20-13/h1,4,9,11-12,15-17H,2-3,5-8H2/t12-,15+/m0/s1. The topological polar surface area (TPSA) is 76.7 Å². The van der Waals surface area contributed by atoms with Crippen molar-refractivity contribution in [1.82, 2.24) is 10.0 Å². The van der Waals surface area contributed by atoms with Crippen molar-refractivity contribution in [2.75, 3.05) is 19.8 Å². The Kier molecular flexibility index (Phi) is 3.51. The Morgan fingerprint density at radius 3 is 2.64 bits per heavy atom. The van der Waals surface area contributed by atoms with Crippen LogP contribution in [0.1, 0.15) is 30.9 Å². The smallest absolute Gasteiger partial charge is 0.214 e. The van der Waals surface area contributed by atoms with Crippen LogP contribution in [0.4, 0.5) is 0 Å². The molecule has 0 spiro atoms. The molecule has 7 heteroatoms. The largest absolute Gasteiger partial charge is 0.486 e. The predicted molar refractivity (Wildman–Crippen MR) is 81.7 cm³/mol. The van der Waals surface area contributed by atoms with E-state index in [-0.39, 0.29) is 17.3 Å². The summed E-state index contributed by atoms with van der Waals surface area (Å²) in [6, 6.07) is 5.71. The van der Waals surface area contributed by atoms with E-state index in [2.05, 4.69) is 10.0 Å². The summed E-state index contributed by atoms with van der Waals surface area (Å²) in [5.74, 6) is 1.49. The second-order valence-electron chi connectivity index (χ2n) is 6.09. The average Bonchev–Trinajstić information content (AvgIpc) is 3.29. The Hall–Kier alpha value is -1.31. The number of rotatable bonds is 4. The second kappa shape index (κ2) is 5.40. The summed E-state index contributed by atoms with van der Waals surface area (Å²) < 4.78 is 38.4. The number of fused-ring (bicyclic) bond motifs is 1. The molecule has 2 heterocycles. The van der Waals surface area contributed by atoms with Gasteiger partial charge in [0, 0.05) is 12.1 Å². The fourth-order valence-electron chi connectivity index (χ4n) is 3.12. The van der Waals surface area contributed by atoms with Gasteiger partial charge in [-0.05, 0) is 43.5 Å². The Morgan fingerprint density at radius 2 is 1.86 bits per heavy atom. The quantitative estimate of drug-likeness (QED) is 0.862. The van der Waals surface area contributed by atoms with Crippen LogP contribution < -0.4 is 19.5 Å². The molecule has 1 aliphatic carbocycles. The van der Waals surface area contributed by atoms with Crippen LogP contribution in [0.3, 0.4) is 0 Å². The van der Waals surface area contributed by atoms with Crippen LogP contribution >= 0.6 is 0 Å². The lowest BCUT2D eigenvalue weighted by molar-refractivity contribution is 0.171. The van der Waals surface area contributed by atoms with Crippen molar-refractivity contribution in [3.05, 3.63) is 23.8 Å². The summed E-state index contributed by atoms with van der Waals surface area (Å²) >= 11 is 0. The molecule has 2 atom stereocenters. The molecular formula is C15H20N2O4S. The normalized spacial score (nSPS) is 27.8. The minimum atomic E-state index is -3.17. The maximum Gasteiger partial charge on any atom is 0.214 e. The highest BCUT2D eigenvalue weighted by molar-refractivity contribution is 7.90. The molecule has 0 aromatic heterocycles. The van der Waals surface area contributed by atoms with Gasteiger partial charge >= 0.3 is 0 Å². The number of hydrogen-bond acceptors (Lipinski definition) is 5. The van der Waals surface area contributed by atoms with Crippen molar-refractivity contribution in [3.8, 4) is 11.5 Å². The average molecular weight is 324 g/mol. The van der Waals surface area contributed by atoms with Crippen LogP contribution in [0.15, 0.2) is 18.2 Å². The van der Waals surface area contributed by atoms with Crippen molar-refractivity contribution in [3.63, 3.8) is 0 Å². The van der Waals surface area contributed by atoms with E-state index in [0.717, 1.165) is 42.9 Å². The molecule has 2 N–H and O–H groups in total. The molecule has 1 aromatic carbocycles. The molecular weight excluding hydrogens is 304 g/mol. The maximum absolute atomic E-state index is 12.2. The van der Waals surface area contributed by atoms with E-state index in [1.165, 1.54) is 0 Å². The number of benzene rings is 1. The summed E-state index contributed by atoms with van der Waals surface area (Å²) in [5, 5.41) is 3.20. The molecule has 120 valence electrons. The van der Waals surface area contributed by atoms with Crippen LogP contribution in [0.25, 0.3) is 0 Å². The molecule has 0 radical (unpaired) electrons. The SMILES string of the molecule is O=S(=O)(N[C@H]1CCN[C@@H]1c1ccc2c(c1)OCCO2)C1CC1. The highest BCUT2D eigenvalue weighted by Crippen LogP contribution is 2.35. The first-order valence-electron chi connectivity index (χ1n) is 7.77. The third-order valence-corrected chi connectivity index (χ3v) is 6.41. The highest BCUT2D eigenvalue weighted by Gasteiger charge is 2.40. The van der Waals surface area contributed by atoms with E-state index in [9.17, 15) is 8.42 Å². The van der Waals surface area contributed by atoms with Gasteiger partial charge in [-0.15, -0.1) is 0 Å². The molecule has 2 fully saturated rings. The lowest BCUT2D eigenvalue weighted by Gasteiger charge is -2.24. The zero-order chi connectivity index (χ0) is 15.2. The summed E-state index contributed by atoms with van der Waals surface area (Å²) in [4.78, 5) is 0. The Morgan fingerprint density at radius 1 is 1.09 bits per heavy atom. The first-order chi connectivity index (χ1) is 10.6. The van der Waals surface area contributed by atoms with Crippen molar-refractivity contribution >= 4 is 10.0 Å². The molecule has 1 saturated heterocycles. The monoisotopic (exact) mass is 324 g/mol. The van der Waals surface area contributed by atoms with Gasteiger partial charge in [0.25, 0.3) is 0 Å². The predicted octanol–water partition coefficient (Wildman–Crippen LogP) is 0.943. The Bertz CT molecular complexity index is 672. The van der Waals surface area contributed by atoms with Crippen LogP contribution in [-0.2, 0) is 10.0 Å². The van der Waals surface area contributed by atoms with E-state index < -0.39 is 10.0 Å². The lowest BCUT2D eigenvalue weighted by atomic mass is 10.0. The van der Waals surface area contributed by atoms with E-state index in [1.807, 2.05) is 18.2 Å². The number of ether oxygens (including phenoxy) is 2. The Labute approximate surface area is 130 Å². The minimum absolute atomic E-state index is 0.0237. The first kappa shape index (κ1) is 14.3. The molecule has 3 aliphatic rings. The van der Waals surface area contributed by atoms with Crippen LogP contribution in [0.5, 0.6) is 11.5 Å². The summed E-state index contributed by atoms with van der Waals surface area (Å²) in [7, 11) is -3.17. The first-order valence-corrected chi connectivity index (χ1v) is 9.32. The summed E-state index contributed by atoms with van der Waals surface area (Å²) in [5.41, 5.74) is 1.03. The lowest BCUT2D eigenvalue weighted by Crippen LogP contribution is -2.40. The molecule has 1 saturated carbocycles. The molecule has 22 heavy (non-hydrogen) atoms. The Balaban J connectivity index is 1.55. The van der Waals surface area contributed by atoms with E-state index in [1.54, 1.807) is 0 Å². The molecule has 1 aromatic rings. The number of nitrogens with one attached hydrogen (secondary N) is 2. The van der Waals surface area contributed by atoms with Gasteiger partial charge in [0.1, 0.15) is 13.2 Å². The van der Waals surface area contributed by atoms with E-state index >= 15 is 0 Å². The zero-order valence-corrected chi connectivity index (χ0v) is 13.1. The molecule has 2 aliphatic heterocycles. The zero-order valence-electron chi connectivity index (χ0n) is 12.2. The third kappa shape index (κ3) is 2.68. The van der Waals surface area contributed by atoms with Gasteiger partial charge in [-0.1, -0.05) is 6.07 Å². The van der Waals surface area contributed by atoms with Crippen LogP contribution in [0, 0.1) is 0 Å². The van der Waals surface area contributed by atoms with Crippen molar-refractivity contribution in [1.29, 1.82) is 0 Å². The van der Waals surface area contributed by atoms with Crippen molar-refractivity contribution < 1.29 is 17.9 Å². The highest BCUT2D eigenvalue weighted by atomic mass is 32.2. The van der Waals surface area contributed by atoms with E-state index in [4.69, 9.17) is 9.47 Å².